The van der Waals surface area contributed by atoms with E-state index in [2.05, 4.69) is 25.0 Å². The summed E-state index contributed by atoms with van der Waals surface area (Å²) in [6, 6.07) is 3.05. The first-order valence-electron chi connectivity index (χ1n) is 8.53. The molecule has 162 valence electrons. The molecular formula is C18H20F3N5O4. The molecule has 0 spiro atoms. The summed E-state index contributed by atoms with van der Waals surface area (Å²) in [7, 11) is 2.67. The van der Waals surface area contributed by atoms with Gasteiger partial charge in [0.05, 0.1) is 19.0 Å². The molecule has 3 N–H and O–H groups in total. The maximum Gasteiger partial charge on any atom is 0.282 e. The van der Waals surface area contributed by atoms with E-state index in [1.807, 2.05) is 0 Å². The van der Waals surface area contributed by atoms with Crippen molar-refractivity contribution in [3.05, 3.63) is 47.7 Å². The van der Waals surface area contributed by atoms with Crippen LogP contribution in [-0.4, -0.2) is 55.6 Å². The first-order valence-corrected chi connectivity index (χ1v) is 8.53. The molecule has 1 amide bonds. The van der Waals surface area contributed by atoms with Gasteiger partial charge in [-0.15, -0.1) is 0 Å². The van der Waals surface area contributed by atoms with Crippen molar-refractivity contribution in [1.82, 2.24) is 9.97 Å². The van der Waals surface area contributed by atoms with E-state index in [9.17, 15) is 18.0 Å². The Kier molecular flexibility index (Phi) is 8.35. The van der Waals surface area contributed by atoms with Gasteiger partial charge in [0.2, 0.25) is 12.7 Å². The number of hydrogen-bond acceptors (Lipinski definition) is 7. The maximum absolute atomic E-state index is 15.0. The number of rotatable bonds is 9. The van der Waals surface area contributed by atoms with Crippen molar-refractivity contribution in [2.45, 2.75) is 12.3 Å². The normalized spacial score (nSPS) is 13.4. The molecule has 1 aromatic carbocycles. The van der Waals surface area contributed by atoms with Crippen LogP contribution in [0.4, 0.5) is 18.9 Å². The van der Waals surface area contributed by atoms with E-state index in [1.165, 1.54) is 20.2 Å². The molecular weight excluding hydrogens is 407 g/mol. The summed E-state index contributed by atoms with van der Waals surface area (Å²) in [5.41, 5.74) is 5.06. The Bertz CT molecular complexity index is 883. The monoisotopic (exact) mass is 427 g/mol. The third kappa shape index (κ3) is 6.04. The molecule has 0 fully saturated rings. The number of hydrogen-bond donors (Lipinski definition) is 2. The van der Waals surface area contributed by atoms with Gasteiger partial charge >= 0.3 is 0 Å². The molecule has 2 atom stereocenters. The summed E-state index contributed by atoms with van der Waals surface area (Å²) >= 11 is 0. The topological polar surface area (TPSA) is 121 Å². The second-order valence-corrected chi connectivity index (χ2v) is 5.76. The summed E-state index contributed by atoms with van der Waals surface area (Å²) in [6.07, 6.45) is -1.11. The van der Waals surface area contributed by atoms with Crippen LogP contribution in [0.2, 0.25) is 0 Å². The summed E-state index contributed by atoms with van der Waals surface area (Å²) in [6.45, 7) is -1.32. The number of amides is 1. The van der Waals surface area contributed by atoms with Crippen LogP contribution >= 0.6 is 0 Å². The number of nitrogens with two attached hydrogens (primary N) is 1. The average Bonchev–Trinajstić information content (AvgIpc) is 2.74. The lowest BCUT2D eigenvalue weighted by molar-refractivity contribution is 0.0164. The number of carbonyl (C=O) groups is 1. The van der Waals surface area contributed by atoms with Gasteiger partial charge in [0, 0.05) is 25.4 Å². The molecule has 1 aromatic heterocycles. The average molecular weight is 427 g/mol. The number of nitrogens with zero attached hydrogens (tertiary/aromatic N) is 3. The second kappa shape index (κ2) is 11.0. The Morgan fingerprint density at radius 1 is 1.33 bits per heavy atom. The van der Waals surface area contributed by atoms with E-state index >= 15 is 0 Å². The van der Waals surface area contributed by atoms with Crippen LogP contribution in [0.5, 0.6) is 5.88 Å². The van der Waals surface area contributed by atoms with Gasteiger partial charge in [-0.25, -0.2) is 28.1 Å². The lowest BCUT2D eigenvalue weighted by Crippen LogP contribution is -2.31. The van der Waals surface area contributed by atoms with Gasteiger partial charge in [0.25, 0.3) is 11.9 Å². The van der Waals surface area contributed by atoms with Gasteiger partial charge in [-0.05, 0) is 18.2 Å². The zero-order valence-electron chi connectivity index (χ0n) is 16.1. The number of methoxy groups -OCH3 is 1. The summed E-state index contributed by atoms with van der Waals surface area (Å²) in [5.74, 6) is -1.66. The van der Waals surface area contributed by atoms with Crippen LogP contribution in [0.15, 0.2) is 35.6 Å². The molecule has 2 rings (SSSR count). The molecule has 0 aliphatic carbocycles. The molecule has 0 saturated heterocycles. The fraction of sp³-hybridized carbons (Fsp3) is 0.333. The zero-order valence-corrected chi connectivity index (χ0v) is 16.1. The number of alkyl halides is 2. The molecule has 0 aliphatic rings. The molecule has 30 heavy (non-hydrogen) atoms. The number of benzene rings is 1. The van der Waals surface area contributed by atoms with E-state index in [1.54, 1.807) is 0 Å². The number of carbonyl (C=O) groups excluding carboxylic acids is 1. The Balaban J connectivity index is 2.19. The fourth-order valence-electron chi connectivity index (χ4n) is 2.34. The Hall–Kier alpha value is -3.41. The van der Waals surface area contributed by atoms with Crippen molar-refractivity contribution in [1.29, 1.82) is 0 Å². The highest BCUT2D eigenvalue weighted by Crippen LogP contribution is 2.29. The Morgan fingerprint density at radius 2 is 2.10 bits per heavy atom. The highest BCUT2D eigenvalue weighted by Gasteiger charge is 2.28. The predicted molar refractivity (Wildman–Crippen MR) is 101 cm³/mol. The molecule has 0 bridgehead atoms. The summed E-state index contributed by atoms with van der Waals surface area (Å²) in [5, 5.41) is 2.44. The van der Waals surface area contributed by atoms with E-state index in [0.29, 0.717) is 0 Å². The number of aliphatic imine (C=N–C) groups is 1. The second-order valence-electron chi connectivity index (χ2n) is 5.76. The lowest BCUT2D eigenvalue weighted by Gasteiger charge is -2.22. The lowest BCUT2D eigenvalue weighted by atomic mass is 10.0. The molecule has 12 heteroatoms. The number of anilines is 1. The molecule has 0 unspecified atom stereocenters. The number of ether oxygens (including phenoxy) is 3. The predicted octanol–water partition coefficient (Wildman–Crippen LogP) is 2.16. The first-order chi connectivity index (χ1) is 14.4. The maximum atomic E-state index is 15.0. The Labute approximate surface area is 170 Å². The zero-order chi connectivity index (χ0) is 22.1. The van der Waals surface area contributed by atoms with Gasteiger partial charge in [-0.2, -0.15) is 0 Å². The van der Waals surface area contributed by atoms with Crippen LogP contribution in [0.3, 0.4) is 0 Å². The first kappa shape index (κ1) is 22.9. The SMILES string of the molecule is C/N=C(/N)O[C@H](COC)[C@H](F)c1cc(NC(=O)c2cnc(OCF)cn2)ccc1F. The minimum Gasteiger partial charge on any atom is -0.456 e. The van der Waals surface area contributed by atoms with E-state index in [0.717, 1.165) is 24.5 Å². The van der Waals surface area contributed by atoms with E-state index in [4.69, 9.17) is 15.2 Å². The molecule has 0 radical (unpaired) electrons. The minimum atomic E-state index is -1.97. The molecule has 0 saturated carbocycles. The number of halogens is 3. The third-order valence-corrected chi connectivity index (χ3v) is 3.76. The number of nitrogens with one attached hydrogen (secondary N) is 1. The van der Waals surface area contributed by atoms with Gasteiger partial charge < -0.3 is 25.3 Å². The van der Waals surface area contributed by atoms with Gasteiger partial charge in [-0.1, -0.05) is 0 Å². The third-order valence-electron chi connectivity index (χ3n) is 3.76. The van der Waals surface area contributed by atoms with Crippen molar-refractivity contribution < 1.29 is 32.2 Å². The quantitative estimate of drug-likeness (QED) is 0.465. The van der Waals surface area contributed by atoms with Crippen molar-refractivity contribution in [2.75, 3.05) is 32.9 Å². The standard InChI is InChI=1S/C18H20F3N5O4/c1-23-18(22)30-14(8-28-2)16(21)11-5-10(3-4-12(11)20)26-17(27)13-6-25-15(7-24-13)29-9-19/h3-7,14,16H,8-9H2,1-2H3,(H2,22,23)(H,26,27)/t14-,16-/m1/s1. The molecule has 1 heterocycles. The number of aromatic nitrogens is 2. The molecule has 0 aliphatic heterocycles. The summed E-state index contributed by atoms with van der Waals surface area (Å²) < 4.78 is 55.8. The van der Waals surface area contributed by atoms with E-state index in [-0.39, 0.29) is 35.5 Å². The Morgan fingerprint density at radius 3 is 2.70 bits per heavy atom. The van der Waals surface area contributed by atoms with E-state index < -0.39 is 30.9 Å². The minimum absolute atomic E-state index is 0.0956. The largest absolute Gasteiger partial charge is 0.456 e. The van der Waals surface area contributed by atoms with Crippen LogP contribution in [-0.2, 0) is 9.47 Å². The van der Waals surface area contributed by atoms with Gasteiger partial charge in [0.1, 0.15) is 11.5 Å². The highest BCUT2D eigenvalue weighted by molar-refractivity contribution is 6.02. The van der Waals surface area contributed by atoms with Gasteiger partial charge in [-0.3, -0.25) is 4.79 Å². The van der Waals surface area contributed by atoms with Crippen LogP contribution in [0.25, 0.3) is 0 Å². The number of amidine groups is 1. The van der Waals surface area contributed by atoms with Crippen molar-refractivity contribution in [2.24, 2.45) is 10.7 Å². The highest BCUT2D eigenvalue weighted by atomic mass is 19.1. The van der Waals surface area contributed by atoms with Crippen molar-refractivity contribution in [3.8, 4) is 5.88 Å². The molecule has 9 nitrogen and oxygen atoms in total. The smallest absolute Gasteiger partial charge is 0.282 e. The van der Waals surface area contributed by atoms with Crippen molar-refractivity contribution in [3.63, 3.8) is 0 Å². The summed E-state index contributed by atoms with van der Waals surface area (Å²) in [4.78, 5) is 23.3. The van der Waals surface area contributed by atoms with Crippen molar-refractivity contribution >= 4 is 17.6 Å². The fourth-order valence-corrected chi connectivity index (χ4v) is 2.34. The van der Waals surface area contributed by atoms with Crippen LogP contribution in [0.1, 0.15) is 22.2 Å². The van der Waals surface area contributed by atoms with Crippen LogP contribution < -0.4 is 15.8 Å². The molecule has 2 aromatic rings. The van der Waals surface area contributed by atoms with Crippen LogP contribution in [0, 0.1) is 5.82 Å². The van der Waals surface area contributed by atoms with Gasteiger partial charge in [0.15, 0.2) is 12.3 Å².